The van der Waals surface area contributed by atoms with Gasteiger partial charge in [0.15, 0.2) is 0 Å². The van der Waals surface area contributed by atoms with E-state index in [0.29, 0.717) is 5.92 Å². The highest BCUT2D eigenvalue weighted by molar-refractivity contribution is 6.09. The molecule has 1 aromatic heterocycles. The number of piperazine rings is 1. The standard InChI is InChI=1S/C16H21N3O2/c1-9(2)14-15(20)18-13(11-4-5-11)16(21)19(14)12-8-17-7-6-10(12)3/h6-9,11,13-14H,4-5H2,1-3H3,(H,18,20). The maximum Gasteiger partial charge on any atom is 0.250 e. The van der Waals surface area contributed by atoms with Crippen molar-refractivity contribution in [1.82, 2.24) is 10.3 Å². The number of carbonyl (C=O) groups is 2. The first kappa shape index (κ1) is 14.0. The molecule has 0 bridgehead atoms. The van der Waals surface area contributed by atoms with Crippen LogP contribution in [-0.2, 0) is 9.59 Å². The van der Waals surface area contributed by atoms with Gasteiger partial charge in [0.05, 0.1) is 11.9 Å². The zero-order valence-corrected chi connectivity index (χ0v) is 12.7. The molecule has 1 aliphatic carbocycles. The Labute approximate surface area is 124 Å². The summed E-state index contributed by atoms with van der Waals surface area (Å²) in [5.74, 6) is 0.305. The minimum atomic E-state index is -0.463. The van der Waals surface area contributed by atoms with Crippen LogP contribution < -0.4 is 10.2 Å². The molecule has 1 saturated heterocycles. The fourth-order valence-corrected chi connectivity index (χ4v) is 3.03. The summed E-state index contributed by atoms with van der Waals surface area (Å²) >= 11 is 0. The van der Waals surface area contributed by atoms with Gasteiger partial charge in [-0.15, -0.1) is 0 Å². The Morgan fingerprint density at radius 1 is 1.33 bits per heavy atom. The summed E-state index contributed by atoms with van der Waals surface area (Å²) < 4.78 is 0. The molecule has 1 aliphatic heterocycles. The normalized spacial score (nSPS) is 26.2. The topological polar surface area (TPSA) is 62.3 Å². The highest BCUT2D eigenvalue weighted by atomic mass is 16.2. The molecule has 1 saturated carbocycles. The lowest BCUT2D eigenvalue weighted by Gasteiger charge is -2.41. The highest BCUT2D eigenvalue weighted by Crippen LogP contribution is 2.37. The first-order valence-electron chi connectivity index (χ1n) is 7.54. The van der Waals surface area contributed by atoms with Crippen LogP contribution in [0.4, 0.5) is 5.69 Å². The van der Waals surface area contributed by atoms with Crippen molar-refractivity contribution in [2.24, 2.45) is 11.8 Å². The quantitative estimate of drug-likeness (QED) is 0.919. The van der Waals surface area contributed by atoms with Crippen LogP contribution >= 0.6 is 0 Å². The predicted molar refractivity (Wildman–Crippen MR) is 79.7 cm³/mol. The molecule has 2 amide bonds. The molecule has 1 N–H and O–H groups in total. The van der Waals surface area contributed by atoms with Crippen molar-refractivity contribution in [3.05, 3.63) is 24.0 Å². The van der Waals surface area contributed by atoms with E-state index in [0.717, 1.165) is 24.1 Å². The lowest BCUT2D eigenvalue weighted by atomic mass is 9.94. The van der Waals surface area contributed by atoms with E-state index in [9.17, 15) is 9.59 Å². The molecule has 5 nitrogen and oxygen atoms in total. The number of pyridine rings is 1. The van der Waals surface area contributed by atoms with E-state index < -0.39 is 6.04 Å². The Balaban J connectivity index is 2.03. The summed E-state index contributed by atoms with van der Waals surface area (Å²) in [6.45, 7) is 5.88. The molecule has 0 spiro atoms. The van der Waals surface area contributed by atoms with Crippen LogP contribution in [0.15, 0.2) is 18.5 Å². The minimum Gasteiger partial charge on any atom is -0.342 e. The number of rotatable bonds is 3. The number of amides is 2. The van der Waals surface area contributed by atoms with E-state index in [1.54, 1.807) is 17.3 Å². The van der Waals surface area contributed by atoms with Gasteiger partial charge in [0.2, 0.25) is 5.91 Å². The molecule has 2 atom stereocenters. The van der Waals surface area contributed by atoms with Crippen LogP contribution in [0.3, 0.4) is 0 Å². The zero-order chi connectivity index (χ0) is 15.1. The number of hydrogen-bond acceptors (Lipinski definition) is 3. The molecule has 5 heteroatoms. The van der Waals surface area contributed by atoms with Gasteiger partial charge in [-0.05, 0) is 43.2 Å². The van der Waals surface area contributed by atoms with E-state index in [1.165, 1.54) is 0 Å². The lowest BCUT2D eigenvalue weighted by Crippen LogP contribution is -2.66. The second-order valence-corrected chi connectivity index (χ2v) is 6.38. The lowest BCUT2D eigenvalue weighted by molar-refractivity contribution is -0.135. The predicted octanol–water partition coefficient (Wildman–Crippen LogP) is 1.66. The Morgan fingerprint density at radius 2 is 2.05 bits per heavy atom. The van der Waals surface area contributed by atoms with Gasteiger partial charge in [0, 0.05) is 6.20 Å². The van der Waals surface area contributed by atoms with Crippen LogP contribution in [0, 0.1) is 18.8 Å². The fourth-order valence-electron chi connectivity index (χ4n) is 3.03. The van der Waals surface area contributed by atoms with Crippen molar-refractivity contribution in [2.45, 2.75) is 45.7 Å². The van der Waals surface area contributed by atoms with Crippen molar-refractivity contribution in [3.8, 4) is 0 Å². The largest absolute Gasteiger partial charge is 0.342 e. The number of anilines is 1. The SMILES string of the molecule is Cc1ccncc1N1C(=O)C(C2CC2)NC(=O)C1C(C)C. The smallest absolute Gasteiger partial charge is 0.250 e. The molecular weight excluding hydrogens is 266 g/mol. The monoisotopic (exact) mass is 287 g/mol. The Bertz CT molecular complexity index is 581. The summed E-state index contributed by atoms with van der Waals surface area (Å²) in [5, 5.41) is 2.93. The maximum atomic E-state index is 12.9. The molecule has 3 rings (SSSR count). The van der Waals surface area contributed by atoms with Crippen molar-refractivity contribution in [2.75, 3.05) is 4.90 Å². The zero-order valence-electron chi connectivity index (χ0n) is 12.7. The van der Waals surface area contributed by atoms with Crippen molar-refractivity contribution in [1.29, 1.82) is 0 Å². The summed E-state index contributed by atoms with van der Waals surface area (Å²) in [6, 6.07) is 1.04. The number of nitrogens with one attached hydrogen (secondary N) is 1. The van der Waals surface area contributed by atoms with Crippen LogP contribution in [0.1, 0.15) is 32.3 Å². The van der Waals surface area contributed by atoms with Crippen LogP contribution in [0.2, 0.25) is 0 Å². The average molecular weight is 287 g/mol. The van der Waals surface area contributed by atoms with E-state index in [2.05, 4.69) is 10.3 Å². The van der Waals surface area contributed by atoms with Gasteiger partial charge in [-0.3, -0.25) is 19.5 Å². The molecule has 2 aliphatic rings. The third-order valence-corrected chi connectivity index (χ3v) is 4.34. The Morgan fingerprint density at radius 3 is 2.62 bits per heavy atom. The third-order valence-electron chi connectivity index (χ3n) is 4.34. The van der Waals surface area contributed by atoms with Crippen LogP contribution in [0.5, 0.6) is 0 Å². The molecule has 1 aromatic rings. The third kappa shape index (κ3) is 2.41. The number of aryl methyl sites for hydroxylation is 1. The molecule has 2 fully saturated rings. The molecule has 2 unspecified atom stereocenters. The second-order valence-electron chi connectivity index (χ2n) is 6.38. The fraction of sp³-hybridized carbons (Fsp3) is 0.562. The van der Waals surface area contributed by atoms with E-state index in [4.69, 9.17) is 0 Å². The minimum absolute atomic E-state index is 0.00639. The maximum absolute atomic E-state index is 12.9. The van der Waals surface area contributed by atoms with Gasteiger partial charge in [-0.25, -0.2) is 0 Å². The van der Waals surface area contributed by atoms with Crippen molar-refractivity contribution in [3.63, 3.8) is 0 Å². The number of aromatic nitrogens is 1. The molecule has 2 heterocycles. The van der Waals surface area contributed by atoms with Gasteiger partial charge < -0.3 is 5.32 Å². The number of hydrogen-bond donors (Lipinski definition) is 1. The molecular formula is C16H21N3O2. The van der Waals surface area contributed by atoms with Crippen LogP contribution in [0.25, 0.3) is 0 Å². The summed E-state index contributed by atoms with van der Waals surface area (Å²) in [4.78, 5) is 31.2. The Kier molecular flexibility index (Phi) is 3.43. The first-order valence-corrected chi connectivity index (χ1v) is 7.54. The van der Waals surface area contributed by atoms with E-state index in [-0.39, 0.29) is 23.8 Å². The van der Waals surface area contributed by atoms with Gasteiger partial charge in [0.1, 0.15) is 12.1 Å². The molecule has 0 radical (unpaired) electrons. The van der Waals surface area contributed by atoms with Crippen molar-refractivity contribution >= 4 is 17.5 Å². The van der Waals surface area contributed by atoms with Gasteiger partial charge in [-0.2, -0.15) is 0 Å². The van der Waals surface area contributed by atoms with Crippen LogP contribution in [-0.4, -0.2) is 28.9 Å². The number of nitrogens with zero attached hydrogens (tertiary/aromatic N) is 2. The van der Waals surface area contributed by atoms with Gasteiger partial charge in [0.25, 0.3) is 5.91 Å². The summed E-state index contributed by atoms with van der Waals surface area (Å²) in [5.41, 5.74) is 1.72. The average Bonchev–Trinajstić information content (AvgIpc) is 3.25. The molecule has 21 heavy (non-hydrogen) atoms. The highest BCUT2D eigenvalue weighted by Gasteiger charge is 2.48. The van der Waals surface area contributed by atoms with Crippen molar-refractivity contribution < 1.29 is 9.59 Å². The second kappa shape index (κ2) is 5.13. The van der Waals surface area contributed by atoms with E-state index >= 15 is 0 Å². The van der Waals surface area contributed by atoms with E-state index in [1.807, 2.05) is 26.8 Å². The molecule has 112 valence electrons. The summed E-state index contributed by atoms with van der Waals surface area (Å²) in [6.07, 6.45) is 5.42. The molecule has 0 aromatic carbocycles. The first-order chi connectivity index (χ1) is 10.0. The number of carbonyl (C=O) groups excluding carboxylic acids is 2. The Hall–Kier alpha value is -1.91. The van der Waals surface area contributed by atoms with Gasteiger partial charge >= 0.3 is 0 Å². The summed E-state index contributed by atoms with van der Waals surface area (Å²) in [7, 11) is 0. The van der Waals surface area contributed by atoms with Gasteiger partial charge in [-0.1, -0.05) is 13.8 Å².